The Labute approximate surface area is 125 Å². The Bertz CT molecular complexity index is 596. The molecule has 0 aliphatic rings. The normalized spacial score (nSPS) is 10.6. The molecule has 0 unspecified atom stereocenters. The number of anilines is 1. The Hall–Kier alpha value is -1.82. The summed E-state index contributed by atoms with van der Waals surface area (Å²) in [6.07, 6.45) is 0. The SMILES string of the molecule is CC(C)c1cc(NC(=O)COc2cccc(Br)c2)n[nH]1. The van der Waals surface area contributed by atoms with Crippen LogP contribution in [0.25, 0.3) is 0 Å². The van der Waals surface area contributed by atoms with Crippen LogP contribution >= 0.6 is 15.9 Å². The Morgan fingerprint density at radius 2 is 2.25 bits per heavy atom. The number of rotatable bonds is 5. The van der Waals surface area contributed by atoms with Gasteiger partial charge >= 0.3 is 0 Å². The zero-order valence-electron chi connectivity index (χ0n) is 11.3. The van der Waals surface area contributed by atoms with Crippen molar-refractivity contribution in [1.82, 2.24) is 10.2 Å². The molecule has 6 heteroatoms. The number of hydrogen-bond acceptors (Lipinski definition) is 3. The number of carbonyl (C=O) groups excluding carboxylic acids is 1. The topological polar surface area (TPSA) is 67.0 Å². The third-order valence-corrected chi connectivity index (χ3v) is 3.15. The van der Waals surface area contributed by atoms with Crippen LogP contribution in [-0.2, 0) is 4.79 Å². The van der Waals surface area contributed by atoms with E-state index in [9.17, 15) is 4.79 Å². The van der Waals surface area contributed by atoms with E-state index in [1.807, 2.05) is 18.2 Å². The highest BCUT2D eigenvalue weighted by atomic mass is 79.9. The first kappa shape index (κ1) is 14.6. The Morgan fingerprint density at radius 1 is 1.45 bits per heavy atom. The number of amides is 1. The van der Waals surface area contributed by atoms with E-state index in [1.54, 1.807) is 12.1 Å². The largest absolute Gasteiger partial charge is 0.484 e. The van der Waals surface area contributed by atoms with Crippen molar-refractivity contribution in [2.45, 2.75) is 19.8 Å². The molecule has 0 aliphatic carbocycles. The lowest BCUT2D eigenvalue weighted by molar-refractivity contribution is -0.118. The van der Waals surface area contributed by atoms with Gasteiger partial charge in [0.15, 0.2) is 12.4 Å². The van der Waals surface area contributed by atoms with Gasteiger partial charge in [-0.3, -0.25) is 9.89 Å². The van der Waals surface area contributed by atoms with Gasteiger partial charge in [-0.1, -0.05) is 35.8 Å². The smallest absolute Gasteiger partial charge is 0.263 e. The molecule has 1 heterocycles. The molecule has 0 atom stereocenters. The van der Waals surface area contributed by atoms with Crippen LogP contribution in [-0.4, -0.2) is 22.7 Å². The maximum absolute atomic E-state index is 11.7. The molecule has 1 aromatic heterocycles. The van der Waals surface area contributed by atoms with Crippen LogP contribution in [0.15, 0.2) is 34.8 Å². The number of aromatic nitrogens is 2. The summed E-state index contributed by atoms with van der Waals surface area (Å²) in [6.45, 7) is 4.05. The van der Waals surface area contributed by atoms with Crippen molar-refractivity contribution in [2.75, 3.05) is 11.9 Å². The Morgan fingerprint density at radius 3 is 2.90 bits per heavy atom. The summed E-state index contributed by atoms with van der Waals surface area (Å²) in [4.78, 5) is 11.7. The fourth-order valence-corrected chi connectivity index (χ4v) is 1.96. The van der Waals surface area contributed by atoms with Crippen molar-refractivity contribution < 1.29 is 9.53 Å². The molecule has 0 saturated carbocycles. The van der Waals surface area contributed by atoms with Crippen LogP contribution in [0.5, 0.6) is 5.75 Å². The molecule has 2 aromatic rings. The predicted molar refractivity (Wildman–Crippen MR) is 80.9 cm³/mol. The summed E-state index contributed by atoms with van der Waals surface area (Å²) in [5.41, 5.74) is 0.980. The molecule has 1 amide bonds. The molecule has 0 spiro atoms. The number of hydrogen-bond donors (Lipinski definition) is 2. The molecule has 0 radical (unpaired) electrons. The molecule has 2 rings (SSSR count). The lowest BCUT2D eigenvalue weighted by atomic mass is 10.1. The van der Waals surface area contributed by atoms with Gasteiger partial charge in [0, 0.05) is 16.2 Å². The maximum atomic E-state index is 11.7. The average Bonchev–Trinajstić information content (AvgIpc) is 2.85. The van der Waals surface area contributed by atoms with Gasteiger partial charge in [-0.15, -0.1) is 0 Å². The molecule has 20 heavy (non-hydrogen) atoms. The van der Waals surface area contributed by atoms with Crippen molar-refractivity contribution in [3.05, 3.63) is 40.5 Å². The zero-order chi connectivity index (χ0) is 14.5. The number of benzene rings is 1. The Balaban J connectivity index is 1.86. The van der Waals surface area contributed by atoms with E-state index in [0.29, 0.717) is 17.5 Å². The number of H-pyrrole nitrogens is 1. The molecule has 0 saturated heterocycles. The van der Waals surface area contributed by atoms with Gasteiger partial charge in [-0.25, -0.2) is 0 Å². The first-order chi connectivity index (χ1) is 9.54. The summed E-state index contributed by atoms with van der Waals surface area (Å²) in [6, 6.07) is 9.16. The highest BCUT2D eigenvalue weighted by Crippen LogP contribution is 2.18. The summed E-state index contributed by atoms with van der Waals surface area (Å²) in [5, 5.41) is 9.59. The van der Waals surface area contributed by atoms with Gasteiger partial charge in [0.25, 0.3) is 5.91 Å². The number of nitrogens with one attached hydrogen (secondary N) is 2. The number of carbonyl (C=O) groups is 1. The number of nitrogens with zero attached hydrogens (tertiary/aromatic N) is 1. The van der Waals surface area contributed by atoms with Crippen LogP contribution in [0.2, 0.25) is 0 Å². The third kappa shape index (κ3) is 4.09. The minimum atomic E-state index is -0.244. The van der Waals surface area contributed by atoms with E-state index in [4.69, 9.17) is 4.74 Å². The minimum Gasteiger partial charge on any atom is -0.484 e. The molecule has 0 bridgehead atoms. The van der Waals surface area contributed by atoms with E-state index >= 15 is 0 Å². The van der Waals surface area contributed by atoms with E-state index in [0.717, 1.165) is 10.2 Å². The molecule has 0 aliphatic heterocycles. The monoisotopic (exact) mass is 337 g/mol. The molecular weight excluding hydrogens is 322 g/mol. The first-order valence-electron chi connectivity index (χ1n) is 6.28. The van der Waals surface area contributed by atoms with Crippen molar-refractivity contribution in [3.63, 3.8) is 0 Å². The van der Waals surface area contributed by atoms with Crippen LogP contribution in [0, 0.1) is 0 Å². The summed E-state index contributed by atoms with van der Waals surface area (Å²) in [5.74, 6) is 1.24. The van der Waals surface area contributed by atoms with Crippen molar-refractivity contribution in [1.29, 1.82) is 0 Å². The van der Waals surface area contributed by atoms with Gasteiger partial charge in [0.1, 0.15) is 5.75 Å². The van der Waals surface area contributed by atoms with Crippen LogP contribution in [0.4, 0.5) is 5.82 Å². The number of aromatic amines is 1. The van der Waals surface area contributed by atoms with Gasteiger partial charge in [-0.05, 0) is 24.1 Å². The number of ether oxygens (including phenoxy) is 1. The fraction of sp³-hybridized carbons (Fsp3) is 0.286. The van der Waals surface area contributed by atoms with Gasteiger partial charge in [0.2, 0.25) is 0 Å². The van der Waals surface area contributed by atoms with Crippen LogP contribution < -0.4 is 10.1 Å². The zero-order valence-corrected chi connectivity index (χ0v) is 12.9. The second-order valence-corrected chi connectivity index (χ2v) is 5.57. The van der Waals surface area contributed by atoms with Crippen molar-refractivity contribution in [3.8, 4) is 5.75 Å². The summed E-state index contributed by atoms with van der Waals surface area (Å²) in [7, 11) is 0. The molecule has 1 aromatic carbocycles. The second kappa shape index (κ2) is 6.56. The van der Waals surface area contributed by atoms with Crippen molar-refractivity contribution in [2.24, 2.45) is 0 Å². The number of halogens is 1. The Kier molecular flexibility index (Phi) is 4.79. The second-order valence-electron chi connectivity index (χ2n) is 4.66. The maximum Gasteiger partial charge on any atom is 0.263 e. The van der Waals surface area contributed by atoms with Gasteiger partial charge in [-0.2, -0.15) is 5.10 Å². The predicted octanol–water partition coefficient (Wildman–Crippen LogP) is 3.31. The van der Waals surface area contributed by atoms with Gasteiger partial charge < -0.3 is 10.1 Å². The van der Waals surface area contributed by atoms with E-state index in [1.165, 1.54) is 0 Å². The first-order valence-corrected chi connectivity index (χ1v) is 7.07. The van der Waals surface area contributed by atoms with Crippen LogP contribution in [0.1, 0.15) is 25.5 Å². The van der Waals surface area contributed by atoms with E-state index < -0.39 is 0 Å². The standard InChI is InChI=1S/C14H16BrN3O2/c1-9(2)12-7-13(18-17-12)16-14(19)8-20-11-5-3-4-10(15)6-11/h3-7,9H,8H2,1-2H3,(H2,16,17,18,19). The molecule has 5 nitrogen and oxygen atoms in total. The van der Waals surface area contributed by atoms with Crippen molar-refractivity contribution >= 4 is 27.7 Å². The quantitative estimate of drug-likeness (QED) is 0.879. The lowest BCUT2D eigenvalue weighted by Gasteiger charge is -2.06. The highest BCUT2D eigenvalue weighted by Gasteiger charge is 2.08. The average molecular weight is 338 g/mol. The van der Waals surface area contributed by atoms with Gasteiger partial charge in [0.05, 0.1) is 0 Å². The lowest BCUT2D eigenvalue weighted by Crippen LogP contribution is -2.20. The van der Waals surface area contributed by atoms with E-state index in [2.05, 4.69) is 45.3 Å². The fourth-order valence-electron chi connectivity index (χ4n) is 1.58. The molecule has 106 valence electrons. The highest BCUT2D eigenvalue weighted by molar-refractivity contribution is 9.10. The summed E-state index contributed by atoms with van der Waals surface area (Å²) >= 11 is 3.34. The summed E-state index contributed by atoms with van der Waals surface area (Å²) < 4.78 is 6.30. The van der Waals surface area contributed by atoms with Crippen LogP contribution in [0.3, 0.4) is 0 Å². The van der Waals surface area contributed by atoms with E-state index in [-0.39, 0.29) is 12.5 Å². The molecule has 2 N–H and O–H groups in total. The molecule has 0 fully saturated rings. The minimum absolute atomic E-state index is 0.0552. The molecular formula is C14H16BrN3O2. The third-order valence-electron chi connectivity index (χ3n) is 2.65.